The molecule has 0 saturated carbocycles. The van der Waals surface area contributed by atoms with E-state index < -0.39 is 5.38 Å². The zero-order valence-corrected chi connectivity index (χ0v) is 14.3. The number of alkyl halides is 1. The molecular formula is C15H12Cl4O2. The largest absolute Gasteiger partial charge is 0.495 e. The monoisotopic (exact) mass is 364 g/mol. The zero-order chi connectivity index (χ0) is 15.6. The van der Waals surface area contributed by atoms with Crippen molar-refractivity contribution in [1.29, 1.82) is 0 Å². The van der Waals surface area contributed by atoms with E-state index in [1.54, 1.807) is 30.3 Å². The van der Waals surface area contributed by atoms with Crippen molar-refractivity contribution in [3.05, 3.63) is 56.5 Å². The Morgan fingerprint density at radius 2 is 1.52 bits per heavy atom. The lowest BCUT2D eigenvalue weighted by Crippen LogP contribution is -2.01. The van der Waals surface area contributed by atoms with E-state index >= 15 is 0 Å². The highest BCUT2D eigenvalue weighted by atomic mass is 35.5. The maximum absolute atomic E-state index is 6.55. The quantitative estimate of drug-likeness (QED) is 0.619. The van der Waals surface area contributed by atoms with Crippen LogP contribution in [0.3, 0.4) is 0 Å². The number of ether oxygens (including phenoxy) is 2. The summed E-state index contributed by atoms with van der Waals surface area (Å²) in [6.07, 6.45) is 0. The average molecular weight is 366 g/mol. The maximum atomic E-state index is 6.55. The molecule has 0 bridgehead atoms. The van der Waals surface area contributed by atoms with Crippen LogP contribution in [0.1, 0.15) is 16.5 Å². The third-order valence-electron chi connectivity index (χ3n) is 3.04. The van der Waals surface area contributed by atoms with Crippen molar-refractivity contribution in [3.8, 4) is 11.5 Å². The molecule has 0 heterocycles. The van der Waals surface area contributed by atoms with Crippen LogP contribution in [0.15, 0.2) is 30.3 Å². The number of rotatable bonds is 4. The van der Waals surface area contributed by atoms with Gasteiger partial charge >= 0.3 is 0 Å². The highest BCUT2D eigenvalue weighted by Crippen LogP contribution is 2.46. The second-order valence-electron chi connectivity index (χ2n) is 4.20. The van der Waals surface area contributed by atoms with Crippen molar-refractivity contribution in [2.75, 3.05) is 14.2 Å². The van der Waals surface area contributed by atoms with E-state index in [1.165, 1.54) is 14.2 Å². The van der Waals surface area contributed by atoms with Crippen LogP contribution in [0.25, 0.3) is 0 Å². The molecule has 2 rings (SSSR count). The van der Waals surface area contributed by atoms with Crippen LogP contribution in [-0.4, -0.2) is 14.2 Å². The van der Waals surface area contributed by atoms with Crippen LogP contribution in [0.4, 0.5) is 0 Å². The lowest BCUT2D eigenvalue weighted by atomic mass is 10.0. The van der Waals surface area contributed by atoms with Gasteiger partial charge in [0.05, 0.1) is 19.6 Å². The molecule has 0 fully saturated rings. The highest BCUT2D eigenvalue weighted by Gasteiger charge is 2.24. The molecule has 112 valence electrons. The minimum atomic E-state index is -0.593. The highest BCUT2D eigenvalue weighted by molar-refractivity contribution is 6.38. The third-order valence-corrected chi connectivity index (χ3v) is 4.51. The molecule has 2 nitrogen and oxygen atoms in total. The molecule has 2 aromatic rings. The van der Waals surface area contributed by atoms with Crippen molar-refractivity contribution in [1.82, 2.24) is 0 Å². The minimum absolute atomic E-state index is 0.353. The van der Waals surface area contributed by atoms with Gasteiger partial charge in [0.15, 0.2) is 0 Å². The van der Waals surface area contributed by atoms with Crippen LogP contribution in [-0.2, 0) is 0 Å². The lowest BCUT2D eigenvalue weighted by Gasteiger charge is -2.19. The molecule has 21 heavy (non-hydrogen) atoms. The van der Waals surface area contributed by atoms with Gasteiger partial charge in [-0.3, -0.25) is 0 Å². The Bertz CT molecular complexity index is 638. The fourth-order valence-corrected chi connectivity index (χ4v) is 3.49. The molecule has 0 saturated heterocycles. The normalized spacial score (nSPS) is 12.1. The van der Waals surface area contributed by atoms with Crippen LogP contribution in [0.5, 0.6) is 11.5 Å². The lowest BCUT2D eigenvalue weighted by molar-refractivity contribution is 0.392. The second kappa shape index (κ2) is 6.97. The minimum Gasteiger partial charge on any atom is -0.495 e. The molecule has 6 heteroatoms. The molecule has 0 radical (unpaired) electrons. The summed E-state index contributed by atoms with van der Waals surface area (Å²) in [5.41, 5.74) is 1.28. The van der Waals surface area contributed by atoms with E-state index in [4.69, 9.17) is 55.9 Å². The molecule has 0 aliphatic rings. The molecule has 1 atom stereocenters. The summed E-state index contributed by atoms with van der Waals surface area (Å²) in [6.45, 7) is 0. The number of hydrogen-bond donors (Lipinski definition) is 0. The first kappa shape index (κ1) is 16.6. The molecule has 2 aromatic carbocycles. The third kappa shape index (κ3) is 3.19. The molecule has 0 aliphatic heterocycles. The smallest absolute Gasteiger partial charge is 0.146 e. The molecule has 0 aliphatic carbocycles. The van der Waals surface area contributed by atoms with Gasteiger partial charge in [0.25, 0.3) is 0 Å². The fraction of sp³-hybridized carbons (Fsp3) is 0.200. The van der Waals surface area contributed by atoms with Crippen LogP contribution in [0, 0.1) is 0 Å². The van der Waals surface area contributed by atoms with Crippen molar-refractivity contribution in [2.24, 2.45) is 0 Å². The number of halogens is 4. The van der Waals surface area contributed by atoms with Crippen molar-refractivity contribution >= 4 is 46.4 Å². The van der Waals surface area contributed by atoms with E-state index in [1.807, 2.05) is 0 Å². The van der Waals surface area contributed by atoms with E-state index in [-0.39, 0.29) is 0 Å². The Morgan fingerprint density at radius 1 is 0.905 bits per heavy atom. The van der Waals surface area contributed by atoms with Crippen LogP contribution >= 0.6 is 46.4 Å². The Hall–Kier alpha value is -0.800. The van der Waals surface area contributed by atoms with E-state index in [0.717, 1.165) is 0 Å². The molecule has 0 amide bonds. The predicted molar refractivity (Wildman–Crippen MR) is 88.7 cm³/mol. The standard InChI is InChI=1S/C15H12Cl4O2/c1-20-11-7-6-8(15(21-2)14(11)19)13(18)12-9(16)4-3-5-10(12)17/h3-7,13H,1-2H3. The number of methoxy groups -OCH3 is 2. The van der Waals surface area contributed by atoms with Gasteiger partial charge in [0.1, 0.15) is 16.5 Å². The first-order chi connectivity index (χ1) is 10.0. The predicted octanol–water partition coefficient (Wildman–Crippen LogP) is 5.99. The molecule has 0 N–H and O–H groups in total. The SMILES string of the molecule is COc1ccc(C(Cl)c2c(Cl)cccc2Cl)c(OC)c1Cl. The first-order valence-corrected chi connectivity index (χ1v) is 7.56. The van der Waals surface area contributed by atoms with Crippen molar-refractivity contribution in [2.45, 2.75) is 5.38 Å². The second-order valence-corrected chi connectivity index (χ2v) is 5.83. The van der Waals surface area contributed by atoms with Gasteiger partial charge in [-0.2, -0.15) is 0 Å². The van der Waals surface area contributed by atoms with Gasteiger partial charge in [0.2, 0.25) is 0 Å². The fourth-order valence-electron chi connectivity index (χ4n) is 2.03. The summed E-state index contributed by atoms with van der Waals surface area (Å²) in [4.78, 5) is 0. The Balaban J connectivity index is 2.59. The zero-order valence-electron chi connectivity index (χ0n) is 11.3. The van der Waals surface area contributed by atoms with Gasteiger partial charge in [-0.15, -0.1) is 11.6 Å². The van der Waals surface area contributed by atoms with Gasteiger partial charge in [-0.05, 0) is 24.3 Å². The summed E-state index contributed by atoms with van der Waals surface area (Å²) in [5, 5.41) is 0.726. The topological polar surface area (TPSA) is 18.5 Å². The summed E-state index contributed by atoms with van der Waals surface area (Å²) in [6, 6.07) is 8.72. The summed E-state index contributed by atoms with van der Waals surface area (Å²) in [7, 11) is 3.05. The summed E-state index contributed by atoms with van der Waals surface area (Å²) in [5.74, 6) is 0.943. The number of benzene rings is 2. The van der Waals surface area contributed by atoms with Gasteiger partial charge < -0.3 is 9.47 Å². The van der Waals surface area contributed by atoms with E-state index in [2.05, 4.69) is 0 Å². The first-order valence-electron chi connectivity index (χ1n) is 5.99. The van der Waals surface area contributed by atoms with E-state index in [9.17, 15) is 0 Å². The number of hydrogen-bond acceptors (Lipinski definition) is 2. The molecule has 1 unspecified atom stereocenters. The van der Waals surface area contributed by atoms with Gasteiger partial charge in [-0.1, -0.05) is 40.9 Å². The van der Waals surface area contributed by atoms with Crippen molar-refractivity contribution in [3.63, 3.8) is 0 Å². The van der Waals surface area contributed by atoms with Crippen LogP contribution < -0.4 is 9.47 Å². The summed E-state index contributed by atoms with van der Waals surface area (Å²) < 4.78 is 10.5. The van der Waals surface area contributed by atoms with Gasteiger partial charge in [0, 0.05) is 21.2 Å². The molecular weight excluding hydrogens is 354 g/mol. The molecule has 0 spiro atoms. The van der Waals surface area contributed by atoms with Gasteiger partial charge in [-0.25, -0.2) is 0 Å². The Morgan fingerprint density at radius 3 is 2.05 bits per heavy atom. The molecule has 0 aromatic heterocycles. The maximum Gasteiger partial charge on any atom is 0.146 e. The Labute approximate surface area is 143 Å². The average Bonchev–Trinajstić information content (AvgIpc) is 2.46. The Kier molecular flexibility index (Phi) is 5.50. The summed E-state index contributed by atoms with van der Waals surface area (Å²) >= 11 is 25.2. The van der Waals surface area contributed by atoms with E-state index in [0.29, 0.717) is 37.7 Å². The van der Waals surface area contributed by atoms with Crippen LogP contribution in [0.2, 0.25) is 15.1 Å². The van der Waals surface area contributed by atoms with Crippen molar-refractivity contribution < 1.29 is 9.47 Å².